The molecule has 0 spiro atoms. The molecule has 0 saturated heterocycles. The van der Waals surface area contributed by atoms with E-state index in [9.17, 15) is 31.2 Å². The molecule has 0 radical (unpaired) electrons. The first-order chi connectivity index (χ1) is 12.3. The van der Waals surface area contributed by atoms with Crippen LogP contribution < -0.4 is 5.32 Å². The Morgan fingerprint density at radius 1 is 1.26 bits per heavy atom. The molecule has 1 aromatic rings. The van der Waals surface area contributed by atoms with Crippen molar-refractivity contribution in [2.75, 3.05) is 11.1 Å². The SMILES string of the molecule is BCc1ccc(C(=O)OC(CS(=O)(=O)O)C(F)(F)F)c(CB)c1NC(C)=O. The van der Waals surface area contributed by atoms with E-state index in [-0.39, 0.29) is 17.4 Å². The molecule has 2 N–H and O–H groups in total. The maximum atomic E-state index is 13.0. The second-order valence-electron chi connectivity index (χ2n) is 5.70. The number of carbonyl (C=O) groups is 2. The Labute approximate surface area is 156 Å². The molecule has 0 heterocycles. The maximum absolute atomic E-state index is 13.0. The number of amides is 1. The van der Waals surface area contributed by atoms with Gasteiger partial charge in [0.2, 0.25) is 12.0 Å². The van der Waals surface area contributed by atoms with Crippen LogP contribution in [-0.2, 0) is 32.3 Å². The Morgan fingerprint density at radius 3 is 2.26 bits per heavy atom. The van der Waals surface area contributed by atoms with E-state index >= 15 is 0 Å². The number of hydrogen-bond acceptors (Lipinski definition) is 5. The molecule has 1 unspecified atom stereocenters. The van der Waals surface area contributed by atoms with Crippen molar-refractivity contribution in [3.63, 3.8) is 0 Å². The average Bonchev–Trinajstić information content (AvgIpc) is 2.51. The number of benzene rings is 1. The van der Waals surface area contributed by atoms with Gasteiger partial charge in [-0.05, 0) is 17.2 Å². The minimum atomic E-state index is -5.19. The van der Waals surface area contributed by atoms with Crippen molar-refractivity contribution in [1.29, 1.82) is 0 Å². The molecule has 0 saturated carbocycles. The largest absolute Gasteiger partial charge is 0.448 e. The van der Waals surface area contributed by atoms with E-state index < -0.39 is 40.0 Å². The molecule has 148 valence electrons. The van der Waals surface area contributed by atoms with Gasteiger partial charge in [-0.3, -0.25) is 9.35 Å². The number of carbonyl (C=O) groups excluding carboxylic acids is 2. The van der Waals surface area contributed by atoms with E-state index in [0.717, 1.165) is 0 Å². The van der Waals surface area contributed by atoms with Crippen LogP contribution in [0.3, 0.4) is 0 Å². The zero-order chi connectivity index (χ0) is 21.0. The Morgan fingerprint density at radius 2 is 1.85 bits per heavy atom. The van der Waals surface area contributed by atoms with Crippen LogP contribution in [0, 0.1) is 0 Å². The van der Waals surface area contributed by atoms with Crippen LogP contribution in [0.1, 0.15) is 28.4 Å². The summed E-state index contributed by atoms with van der Waals surface area (Å²) in [5, 5.41) is 2.56. The smallest absolute Gasteiger partial charge is 0.426 e. The highest BCUT2D eigenvalue weighted by atomic mass is 32.2. The van der Waals surface area contributed by atoms with Gasteiger partial charge in [-0.2, -0.15) is 21.6 Å². The van der Waals surface area contributed by atoms with Gasteiger partial charge in [-0.15, -0.1) is 0 Å². The summed E-state index contributed by atoms with van der Waals surface area (Å²) in [4.78, 5) is 23.7. The molecular formula is C14H18B2F3NO6S. The first-order valence-electron chi connectivity index (χ1n) is 7.95. The van der Waals surface area contributed by atoms with Crippen molar-refractivity contribution in [2.45, 2.75) is 31.8 Å². The Balaban J connectivity index is 3.34. The molecule has 1 amide bonds. The molecule has 0 aliphatic rings. The zero-order valence-corrected chi connectivity index (χ0v) is 15.7. The fourth-order valence-corrected chi connectivity index (χ4v) is 3.10. The molecule has 0 bridgehead atoms. The molecule has 0 fully saturated rings. The normalized spacial score (nSPS) is 13.1. The maximum Gasteiger partial charge on any atom is 0.426 e. The van der Waals surface area contributed by atoms with E-state index in [0.29, 0.717) is 17.6 Å². The lowest BCUT2D eigenvalue weighted by Crippen LogP contribution is -2.39. The number of alkyl halides is 3. The summed E-state index contributed by atoms with van der Waals surface area (Å²) in [5.74, 6) is -3.65. The summed E-state index contributed by atoms with van der Waals surface area (Å²) < 4.78 is 73.5. The highest BCUT2D eigenvalue weighted by Gasteiger charge is 2.45. The lowest BCUT2D eigenvalue weighted by Gasteiger charge is -2.21. The van der Waals surface area contributed by atoms with Crippen LogP contribution in [0.4, 0.5) is 18.9 Å². The van der Waals surface area contributed by atoms with E-state index in [2.05, 4.69) is 10.1 Å². The first kappa shape index (κ1) is 23.0. The third kappa shape index (κ3) is 6.58. The van der Waals surface area contributed by atoms with Crippen molar-refractivity contribution in [1.82, 2.24) is 0 Å². The monoisotopic (exact) mass is 407 g/mol. The van der Waals surface area contributed by atoms with E-state index in [1.54, 1.807) is 15.7 Å². The van der Waals surface area contributed by atoms with Gasteiger partial charge in [0.15, 0.2) is 0 Å². The second kappa shape index (κ2) is 8.79. The third-order valence-corrected chi connectivity index (χ3v) is 4.35. The standard InChI is InChI=1S/C14H18B2F3NO6S/c1-7(21)20-12-8(4-15)2-3-9(10(12)5-16)13(22)26-11(14(17,18)19)6-27(23,24)25/h2-3,11H,4-6,15-16H2,1H3,(H,20,21)(H,23,24,25). The topological polar surface area (TPSA) is 110 Å². The van der Waals surface area contributed by atoms with Gasteiger partial charge in [0.25, 0.3) is 10.1 Å². The van der Waals surface area contributed by atoms with Gasteiger partial charge in [0.05, 0.1) is 5.56 Å². The van der Waals surface area contributed by atoms with Crippen LogP contribution in [0.5, 0.6) is 0 Å². The lowest BCUT2D eigenvalue weighted by molar-refractivity contribution is -0.197. The molecular weight excluding hydrogens is 389 g/mol. The number of hydrogen-bond donors (Lipinski definition) is 2. The van der Waals surface area contributed by atoms with Gasteiger partial charge < -0.3 is 10.1 Å². The first-order valence-corrected chi connectivity index (χ1v) is 9.56. The molecule has 0 aliphatic heterocycles. The predicted molar refractivity (Wildman–Crippen MR) is 96.9 cm³/mol. The predicted octanol–water partition coefficient (Wildman–Crippen LogP) is -0.113. The van der Waals surface area contributed by atoms with Crippen LogP contribution >= 0.6 is 0 Å². The highest BCUT2D eigenvalue weighted by molar-refractivity contribution is 7.85. The summed E-state index contributed by atoms with van der Waals surface area (Å²) in [6.45, 7) is 1.25. The van der Waals surface area contributed by atoms with Crippen molar-refractivity contribution in [3.8, 4) is 0 Å². The third-order valence-electron chi connectivity index (χ3n) is 3.63. The van der Waals surface area contributed by atoms with E-state index in [1.165, 1.54) is 19.1 Å². The minimum Gasteiger partial charge on any atom is -0.448 e. The summed E-state index contributed by atoms with van der Waals surface area (Å²) in [6.07, 6.45) is -7.53. The van der Waals surface area contributed by atoms with E-state index in [4.69, 9.17) is 4.55 Å². The second-order valence-corrected chi connectivity index (χ2v) is 7.20. The molecule has 13 heteroatoms. The number of nitrogens with one attached hydrogen (secondary N) is 1. The number of halogens is 3. The van der Waals surface area contributed by atoms with Crippen LogP contribution in [0.2, 0.25) is 0 Å². The van der Waals surface area contributed by atoms with Crippen molar-refractivity contribution in [2.24, 2.45) is 0 Å². The van der Waals surface area contributed by atoms with Gasteiger partial charge in [0.1, 0.15) is 21.4 Å². The number of rotatable bonds is 7. The molecule has 1 aromatic carbocycles. The fourth-order valence-electron chi connectivity index (χ4n) is 2.46. The summed E-state index contributed by atoms with van der Waals surface area (Å²) in [7, 11) is -1.61. The molecule has 0 aliphatic carbocycles. The van der Waals surface area contributed by atoms with Crippen molar-refractivity contribution in [3.05, 3.63) is 28.8 Å². The van der Waals surface area contributed by atoms with Crippen LogP contribution in [0.15, 0.2) is 12.1 Å². The lowest BCUT2D eigenvalue weighted by atomic mass is 9.86. The molecule has 1 atom stereocenters. The number of anilines is 1. The van der Waals surface area contributed by atoms with Gasteiger partial charge in [0, 0.05) is 12.6 Å². The Bertz CT molecular complexity index is 829. The van der Waals surface area contributed by atoms with Gasteiger partial charge in [-0.25, -0.2) is 4.79 Å². The summed E-state index contributed by atoms with van der Waals surface area (Å²) in [6, 6.07) is 2.72. The molecule has 1 rings (SSSR count). The highest BCUT2D eigenvalue weighted by Crippen LogP contribution is 2.29. The van der Waals surface area contributed by atoms with E-state index in [1.807, 2.05) is 0 Å². The Hall–Kier alpha value is -2.01. The summed E-state index contributed by atoms with van der Waals surface area (Å²) in [5.41, 5.74) is 1.01. The summed E-state index contributed by atoms with van der Waals surface area (Å²) >= 11 is 0. The van der Waals surface area contributed by atoms with Crippen molar-refractivity contribution >= 4 is 43.4 Å². The Kier molecular flexibility index (Phi) is 7.49. The molecule has 7 nitrogen and oxygen atoms in total. The molecule has 0 aromatic heterocycles. The van der Waals surface area contributed by atoms with Crippen LogP contribution in [0.25, 0.3) is 0 Å². The molecule has 27 heavy (non-hydrogen) atoms. The quantitative estimate of drug-likeness (QED) is 0.371. The average molecular weight is 407 g/mol. The fraction of sp³-hybridized carbons (Fsp3) is 0.429. The van der Waals surface area contributed by atoms with Gasteiger partial charge >= 0.3 is 12.1 Å². The zero-order valence-electron chi connectivity index (χ0n) is 14.9. The number of ether oxygens (including phenoxy) is 1. The van der Waals surface area contributed by atoms with Crippen molar-refractivity contribution < 1.29 is 40.5 Å². The van der Waals surface area contributed by atoms with Crippen LogP contribution in [-0.4, -0.2) is 58.6 Å². The minimum absolute atomic E-state index is 0.197. The van der Waals surface area contributed by atoms with Gasteiger partial charge in [-0.1, -0.05) is 18.7 Å². The number of esters is 1.